The Morgan fingerprint density at radius 1 is 1.21 bits per heavy atom. The van der Waals surface area contributed by atoms with Gasteiger partial charge in [0.25, 0.3) is 0 Å². The number of ether oxygens (including phenoxy) is 3. The van der Waals surface area contributed by atoms with E-state index in [4.69, 9.17) is 25.8 Å². The van der Waals surface area contributed by atoms with Crippen molar-refractivity contribution in [2.45, 2.75) is 12.5 Å². The highest BCUT2D eigenvalue weighted by molar-refractivity contribution is 6.17. The summed E-state index contributed by atoms with van der Waals surface area (Å²) in [6.45, 7) is 1.97. The van der Waals surface area contributed by atoms with Gasteiger partial charge in [0.1, 0.15) is 6.61 Å². The van der Waals surface area contributed by atoms with Crippen molar-refractivity contribution < 1.29 is 14.2 Å². The molecule has 0 heterocycles. The maximum absolute atomic E-state index is 5.74. The molecule has 0 aliphatic rings. The monoisotopic (exact) mass is 287 g/mol. The Labute approximate surface area is 120 Å². The van der Waals surface area contributed by atoms with E-state index in [2.05, 4.69) is 5.32 Å². The topological polar surface area (TPSA) is 39.7 Å². The van der Waals surface area contributed by atoms with Gasteiger partial charge in [0.05, 0.1) is 13.7 Å². The van der Waals surface area contributed by atoms with Gasteiger partial charge in [-0.3, -0.25) is 0 Å². The molecule has 1 atom stereocenters. The normalized spacial score (nSPS) is 12.2. The zero-order chi connectivity index (χ0) is 13.9. The average Bonchev–Trinajstić information content (AvgIpc) is 2.44. The molecular formula is C14H22ClNO3. The molecule has 0 saturated carbocycles. The molecule has 0 aliphatic heterocycles. The highest BCUT2D eigenvalue weighted by Crippen LogP contribution is 2.25. The number of rotatable bonds is 10. The molecule has 1 N–H and O–H groups in total. The lowest BCUT2D eigenvalue weighted by Crippen LogP contribution is -2.36. The molecule has 1 aromatic rings. The van der Waals surface area contributed by atoms with Crippen LogP contribution in [0, 0.1) is 0 Å². The second-order valence-electron chi connectivity index (χ2n) is 4.08. The molecule has 0 radical (unpaired) electrons. The van der Waals surface area contributed by atoms with Gasteiger partial charge in [0.2, 0.25) is 0 Å². The van der Waals surface area contributed by atoms with Crippen molar-refractivity contribution >= 4 is 11.6 Å². The largest absolute Gasteiger partial charge is 0.493 e. The Hall–Kier alpha value is -0.970. The summed E-state index contributed by atoms with van der Waals surface area (Å²) in [6, 6.07) is 7.88. The first-order valence-electron chi connectivity index (χ1n) is 6.36. The minimum absolute atomic E-state index is 0.267. The van der Waals surface area contributed by atoms with Gasteiger partial charge in [-0.15, -0.1) is 11.6 Å². The zero-order valence-electron chi connectivity index (χ0n) is 11.5. The Balaban J connectivity index is 2.29. The van der Waals surface area contributed by atoms with Crippen LogP contribution in [-0.4, -0.2) is 45.9 Å². The van der Waals surface area contributed by atoms with Crippen molar-refractivity contribution in [1.29, 1.82) is 0 Å². The maximum atomic E-state index is 5.74. The number of halogens is 1. The fourth-order valence-corrected chi connectivity index (χ4v) is 2.00. The zero-order valence-corrected chi connectivity index (χ0v) is 12.3. The molecule has 0 amide bonds. The first-order valence-corrected chi connectivity index (χ1v) is 6.89. The number of methoxy groups -OCH3 is 2. The number of benzene rings is 1. The first-order chi connectivity index (χ1) is 9.31. The lowest BCUT2D eigenvalue weighted by atomic mass is 10.2. The lowest BCUT2D eigenvalue weighted by molar-refractivity contribution is 0.161. The number of para-hydroxylation sites is 2. The minimum atomic E-state index is 0.267. The van der Waals surface area contributed by atoms with Crippen LogP contribution in [0.4, 0.5) is 0 Å². The van der Waals surface area contributed by atoms with Crippen LogP contribution in [0.2, 0.25) is 0 Å². The van der Waals surface area contributed by atoms with Gasteiger partial charge in [0.15, 0.2) is 11.5 Å². The highest BCUT2D eigenvalue weighted by atomic mass is 35.5. The fraction of sp³-hybridized carbons (Fsp3) is 0.571. The number of hydrogen-bond acceptors (Lipinski definition) is 4. The van der Waals surface area contributed by atoms with Crippen molar-refractivity contribution in [1.82, 2.24) is 5.32 Å². The summed E-state index contributed by atoms with van der Waals surface area (Å²) < 4.78 is 16.0. The lowest BCUT2D eigenvalue weighted by Gasteiger charge is -2.17. The molecule has 1 rings (SSSR count). The molecule has 1 aromatic carbocycles. The van der Waals surface area contributed by atoms with Gasteiger partial charge < -0.3 is 19.5 Å². The van der Waals surface area contributed by atoms with Crippen molar-refractivity contribution in [3.8, 4) is 11.5 Å². The van der Waals surface area contributed by atoms with E-state index in [1.54, 1.807) is 14.2 Å². The number of alkyl halides is 1. The predicted octanol–water partition coefficient (Wildman–Crippen LogP) is 2.31. The third kappa shape index (κ3) is 6.14. The van der Waals surface area contributed by atoms with E-state index in [1.807, 2.05) is 24.3 Å². The maximum Gasteiger partial charge on any atom is 0.161 e. The molecule has 0 aromatic heterocycles. The minimum Gasteiger partial charge on any atom is -0.493 e. The van der Waals surface area contributed by atoms with Crippen molar-refractivity contribution in [3.05, 3.63) is 24.3 Å². The Morgan fingerprint density at radius 3 is 2.58 bits per heavy atom. The third-order valence-electron chi connectivity index (χ3n) is 2.69. The van der Waals surface area contributed by atoms with E-state index in [1.165, 1.54) is 0 Å². The summed E-state index contributed by atoms with van der Waals surface area (Å²) in [6.07, 6.45) is 0.879. The van der Waals surface area contributed by atoms with Crippen LogP contribution in [0.25, 0.3) is 0 Å². The van der Waals surface area contributed by atoms with Gasteiger partial charge in [-0.25, -0.2) is 0 Å². The molecule has 19 heavy (non-hydrogen) atoms. The van der Waals surface area contributed by atoms with Crippen molar-refractivity contribution in [2.75, 3.05) is 39.9 Å². The van der Waals surface area contributed by atoms with Crippen molar-refractivity contribution in [3.63, 3.8) is 0 Å². The van der Waals surface area contributed by atoms with E-state index in [0.29, 0.717) is 19.1 Å². The SMILES string of the molecule is COCC(CCCl)NCCOc1ccccc1OC. The molecule has 0 aliphatic carbocycles. The van der Waals surface area contributed by atoms with Gasteiger partial charge >= 0.3 is 0 Å². The van der Waals surface area contributed by atoms with E-state index >= 15 is 0 Å². The molecule has 5 heteroatoms. The van der Waals surface area contributed by atoms with E-state index in [-0.39, 0.29) is 6.04 Å². The quantitative estimate of drug-likeness (QED) is 0.529. The van der Waals surface area contributed by atoms with E-state index < -0.39 is 0 Å². The summed E-state index contributed by atoms with van der Waals surface area (Å²) in [5.41, 5.74) is 0. The Bertz CT molecular complexity index is 343. The standard InChI is InChI=1S/C14H22ClNO3/c1-17-11-12(7-8-15)16-9-10-19-14-6-4-3-5-13(14)18-2/h3-6,12,16H,7-11H2,1-2H3. The third-order valence-corrected chi connectivity index (χ3v) is 2.91. The van der Waals surface area contributed by atoms with Gasteiger partial charge in [-0.1, -0.05) is 12.1 Å². The van der Waals surface area contributed by atoms with Crippen LogP contribution < -0.4 is 14.8 Å². The summed E-state index contributed by atoms with van der Waals surface area (Å²) in [7, 11) is 3.32. The van der Waals surface area contributed by atoms with Crippen molar-refractivity contribution in [2.24, 2.45) is 0 Å². The number of hydrogen-bond donors (Lipinski definition) is 1. The Kier molecular flexibility index (Phi) is 8.38. The smallest absolute Gasteiger partial charge is 0.161 e. The van der Waals surface area contributed by atoms with Crippen LogP contribution in [0.1, 0.15) is 6.42 Å². The summed E-state index contributed by atoms with van der Waals surface area (Å²) in [5.74, 6) is 2.12. The molecule has 0 bridgehead atoms. The molecule has 1 unspecified atom stereocenters. The van der Waals surface area contributed by atoms with E-state index in [0.717, 1.165) is 24.5 Å². The van der Waals surface area contributed by atoms with Crippen LogP contribution in [0.5, 0.6) is 11.5 Å². The average molecular weight is 288 g/mol. The fourth-order valence-electron chi connectivity index (χ4n) is 1.74. The van der Waals surface area contributed by atoms with Crippen LogP contribution in [0.15, 0.2) is 24.3 Å². The Morgan fingerprint density at radius 2 is 1.95 bits per heavy atom. The van der Waals surface area contributed by atoms with Crippen LogP contribution >= 0.6 is 11.6 Å². The molecule has 108 valence electrons. The predicted molar refractivity (Wildman–Crippen MR) is 77.5 cm³/mol. The second-order valence-corrected chi connectivity index (χ2v) is 4.46. The van der Waals surface area contributed by atoms with Gasteiger partial charge in [-0.2, -0.15) is 0 Å². The molecule has 0 spiro atoms. The van der Waals surface area contributed by atoms with Gasteiger partial charge in [-0.05, 0) is 18.6 Å². The van der Waals surface area contributed by atoms with E-state index in [9.17, 15) is 0 Å². The summed E-state index contributed by atoms with van der Waals surface area (Å²) >= 11 is 5.74. The first kappa shape index (κ1) is 16.1. The highest BCUT2D eigenvalue weighted by Gasteiger charge is 2.07. The molecule has 0 fully saturated rings. The summed E-state index contributed by atoms with van der Waals surface area (Å²) in [5, 5.41) is 3.35. The summed E-state index contributed by atoms with van der Waals surface area (Å²) in [4.78, 5) is 0. The van der Waals surface area contributed by atoms with Gasteiger partial charge in [0, 0.05) is 25.6 Å². The number of nitrogens with one attached hydrogen (secondary N) is 1. The van der Waals surface area contributed by atoms with Crippen LogP contribution in [-0.2, 0) is 4.74 Å². The molecule has 4 nitrogen and oxygen atoms in total. The second kappa shape index (κ2) is 9.89. The molecular weight excluding hydrogens is 266 g/mol. The molecule has 0 saturated heterocycles. The van der Waals surface area contributed by atoms with Crippen LogP contribution in [0.3, 0.4) is 0 Å².